The molecule has 3 heterocycles. The fourth-order valence-corrected chi connectivity index (χ4v) is 3.33. The second kappa shape index (κ2) is 7.30. The molecule has 0 radical (unpaired) electrons. The van der Waals surface area contributed by atoms with Gasteiger partial charge in [0.25, 0.3) is 5.69 Å². The number of hydrogen-bond donors (Lipinski definition) is 1. The van der Waals surface area contributed by atoms with Crippen LogP contribution in [0.3, 0.4) is 0 Å². The van der Waals surface area contributed by atoms with Crippen LogP contribution in [0.2, 0.25) is 0 Å². The maximum atomic E-state index is 12.8. The summed E-state index contributed by atoms with van der Waals surface area (Å²) in [6.45, 7) is 2.40. The molecule has 1 unspecified atom stereocenters. The Bertz CT molecular complexity index is 1090. The van der Waals surface area contributed by atoms with Crippen molar-refractivity contribution in [3.8, 4) is 11.4 Å². The predicted octanol–water partition coefficient (Wildman–Crippen LogP) is 2.31. The number of non-ortho nitro benzene ring substituents is 1. The minimum Gasteiger partial charge on any atom is -0.358 e. The van der Waals surface area contributed by atoms with Crippen LogP contribution < -0.4 is 10.2 Å². The molecular weight excluding hydrogens is 374 g/mol. The lowest BCUT2D eigenvalue weighted by atomic mass is 10.2. The van der Waals surface area contributed by atoms with Crippen LogP contribution in [0.4, 0.5) is 17.2 Å². The van der Waals surface area contributed by atoms with E-state index in [2.05, 4.69) is 20.4 Å². The summed E-state index contributed by atoms with van der Waals surface area (Å²) in [5.41, 5.74) is 1.97. The van der Waals surface area contributed by atoms with Gasteiger partial charge in [-0.05, 0) is 13.3 Å². The molecule has 0 bridgehead atoms. The van der Waals surface area contributed by atoms with Crippen LogP contribution in [0, 0.1) is 17.0 Å². The van der Waals surface area contributed by atoms with Gasteiger partial charge in [-0.1, -0.05) is 12.1 Å². The molecule has 0 spiro atoms. The molecule has 3 aromatic rings. The molecule has 1 N–H and O–H groups in total. The van der Waals surface area contributed by atoms with E-state index in [0.29, 0.717) is 35.9 Å². The molecular formula is C19H19N7O3. The smallest absolute Gasteiger partial charge is 0.270 e. The molecule has 4 rings (SSSR count). The van der Waals surface area contributed by atoms with Crippen molar-refractivity contribution in [1.82, 2.24) is 19.7 Å². The van der Waals surface area contributed by atoms with E-state index in [0.717, 1.165) is 5.69 Å². The molecule has 0 saturated carbocycles. The summed E-state index contributed by atoms with van der Waals surface area (Å²) in [4.78, 5) is 33.9. The first-order valence-corrected chi connectivity index (χ1v) is 9.08. The number of carbonyl (C=O) groups is 1. The molecule has 29 heavy (non-hydrogen) atoms. The van der Waals surface area contributed by atoms with Crippen molar-refractivity contribution in [1.29, 1.82) is 0 Å². The first-order chi connectivity index (χ1) is 13.9. The molecule has 1 atom stereocenters. The Morgan fingerprint density at radius 1 is 1.28 bits per heavy atom. The van der Waals surface area contributed by atoms with E-state index >= 15 is 0 Å². The Morgan fingerprint density at radius 2 is 2.10 bits per heavy atom. The number of aryl methyl sites for hydroxylation is 2. The van der Waals surface area contributed by atoms with Crippen molar-refractivity contribution < 1.29 is 9.72 Å². The topological polar surface area (TPSA) is 119 Å². The van der Waals surface area contributed by atoms with Gasteiger partial charge in [0, 0.05) is 49.2 Å². The summed E-state index contributed by atoms with van der Waals surface area (Å²) < 4.78 is 1.66. The average Bonchev–Trinajstić information content (AvgIpc) is 3.27. The molecule has 1 aliphatic rings. The number of carbonyl (C=O) groups excluding carboxylic acids is 1. The molecule has 2 aromatic heterocycles. The van der Waals surface area contributed by atoms with E-state index in [1.54, 1.807) is 47.2 Å². The van der Waals surface area contributed by atoms with Crippen molar-refractivity contribution in [2.45, 2.75) is 19.4 Å². The lowest BCUT2D eigenvalue weighted by Gasteiger charge is -2.16. The van der Waals surface area contributed by atoms with Crippen LogP contribution in [-0.4, -0.2) is 43.2 Å². The Labute approximate surface area is 166 Å². The summed E-state index contributed by atoms with van der Waals surface area (Å²) >= 11 is 0. The van der Waals surface area contributed by atoms with Crippen molar-refractivity contribution in [3.63, 3.8) is 0 Å². The fraction of sp³-hybridized carbons (Fsp3) is 0.263. The van der Waals surface area contributed by atoms with Gasteiger partial charge in [-0.2, -0.15) is 5.10 Å². The van der Waals surface area contributed by atoms with Crippen LogP contribution in [0.5, 0.6) is 0 Å². The van der Waals surface area contributed by atoms with Crippen molar-refractivity contribution >= 4 is 23.1 Å². The Morgan fingerprint density at radius 3 is 2.83 bits per heavy atom. The van der Waals surface area contributed by atoms with Crippen LogP contribution in [-0.2, 0) is 11.8 Å². The summed E-state index contributed by atoms with van der Waals surface area (Å²) in [6, 6.07) is 7.50. The van der Waals surface area contributed by atoms with Crippen LogP contribution in [0.25, 0.3) is 11.4 Å². The van der Waals surface area contributed by atoms with Crippen molar-refractivity contribution in [3.05, 3.63) is 58.5 Å². The zero-order valence-electron chi connectivity index (χ0n) is 15.9. The standard InChI is InChI=1S/C19H19N7O3/c1-12-8-17(23-18(21-12)13-4-3-5-14(9-13)26(28)29)22-16-6-7-25(19(16)27)15-10-20-24(2)11-15/h3-5,8-11,16H,6-7H2,1-2H3,(H,21,22,23). The van der Waals surface area contributed by atoms with E-state index in [9.17, 15) is 14.9 Å². The van der Waals surface area contributed by atoms with Crippen LogP contribution in [0.1, 0.15) is 12.1 Å². The molecule has 10 nitrogen and oxygen atoms in total. The summed E-state index contributed by atoms with van der Waals surface area (Å²) in [7, 11) is 1.80. The number of nitro benzene ring substituents is 1. The van der Waals surface area contributed by atoms with Crippen molar-refractivity contribution in [2.75, 3.05) is 16.8 Å². The number of nitrogens with one attached hydrogen (secondary N) is 1. The van der Waals surface area contributed by atoms with Gasteiger partial charge in [0.05, 0.1) is 16.8 Å². The van der Waals surface area contributed by atoms with E-state index in [1.807, 2.05) is 6.92 Å². The molecule has 1 saturated heterocycles. The average molecular weight is 393 g/mol. The van der Waals surface area contributed by atoms with Gasteiger partial charge in [-0.25, -0.2) is 9.97 Å². The molecule has 1 amide bonds. The molecule has 148 valence electrons. The van der Waals surface area contributed by atoms with Gasteiger partial charge in [-0.3, -0.25) is 19.6 Å². The van der Waals surface area contributed by atoms with Gasteiger partial charge in [0.2, 0.25) is 5.91 Å². The SMILES string of the molecule is Cc1cc(NC2CCN(c3cnn(C)c3)C2=O)nc(-c2cccc([N+](=O)[O-])c2)n1. The second-order valence-corrected chi connectivity index (χ2v) is 6.87. The van der Waals surface area contributed by atoms with Crippen LogP contribution in [0.15, 0.2) is 42.7 Å². The molecule has 10 heteroatoms. The van der Waals surface area contributed by atoms with Gasteiger partial charge < -0.3 is 10.2 Å². The predicted molar refractivity (Wildman–Crippen MR) is 106 cm³/mol. The fourth-order valence-electron chi connectivity index (χ4n) is 3.33. The Balaban J connectivity index is 1.56. The quantitative estimate of drug-likeness (QED) is 0.522. The first-order valence-electron chi connectivity index (χ1n) is 9.08. The maximum absolute atomic E-state index is 12.8. The normalized spacial score (nSPS) is 16.3. The minimum absolute atomic E-state index is 0.0276. The largest absolute Gasteiger partial charge is 0.358 e. The van der Waals surface area contributed by atoms with Gasteiger partial charge in [0.1, 0.15) is 11.9 Å². The van der Waals surface area contributed by atoms with Gasteiger partial charge in [0.15, 0.2) is 5.82 Å². The number of anilines is 2. The summed E-state index contributed by atoms with van der Waals surface area (Å²) in [5, 5.41) is 18.3. The number of hydrogen-bond acceptors (Lipinski definition) is 7. The summed E-state index contributed by atoms with van der Waals surface area (Å²) in [6.07, 6.45) is 4.09. The number of aromatic nitrogens is 4. The van der Waals surface area contributed by atoms with E-state index in [-0.39, 0.29) is 11.6 Å². The number of rotatable bonds is 5. The third kappa shape index (κ3) is 3.77. The first kappa shape index (κ1) is 18.5. The van der Waals surface area contributed by atoms with E-state index in [4.69, 9.17) is 0 Å². The highest BCUT2D eigenvalue weighted by Gasteiger charge is 2.33. The minimum atomic E-state index is -0.456. The van der Waals surface area contributed by atoms with Crippen molar-refractivity contribution in [2.24, 2.45) is 7.05 Å². The number of nitrogens with zero attached hydrogens (tertiary/aromatic N) is 6. The highest BCUT2D eigenvalue weighted by Crippen LogP contribution is 2.25. The molecule has 1 fully saturated rings. The lowest BCUT2D eigenvalue weighted by Crippen LogP contribution is -2.33. The maximum Gasteiger partial charge on any atom is 0.270 e. The Kier molecular flexibility index (Phi) is 4.67. The number of amides is 1. The zero-order valence-corrected chi connectivity index (χ0v) is 15.9. The lowest BCUT2D eigenvalue weighted by molar-refractivity contribution is -0.384. The van der Waals surface area contributed by atoms with Gasteiger partial charge >= 0.3 is 0 Å². The monoisotopic (exact) mass is 393 g/mol. The third-order valence-electron chi connectivity index (χ3n) is 4.70. The Hall–Kier alpha value is -3.82. The van der Waals surface area contributed by atoms with E-state index in [1.165, 1.54) is 12.1 Å². The molecule has 0 aliphatic carbocycles. The zero-order chi connectivity index (χ0) is 20.5. The van der Waals surface area contributed by atoms with Crippen LogP contribution >= 0.6 is 0 Å². The molecule has 1 aliphatic heterocycles. The number of nitro groups is 1. The highest BCUT2D eigenvalue weighted by atomic mass is 16.6. The second-order valence-electron chi connectivity index (χ2n) is 6.87. The van der Waals surface area contributed by atoms with E-state index < -0.39 is 11.0 Å². The number of benzene rings is 1. The highest BCUT2D eigenvalue weighted by molar-refractivity contribution is 6.00. The summed E-state index contributed by atoms with van der Waals surface area (Å²) in [5.74, 6) is 0.822. The third-order valence-corrected chi connectivity index (χ3v) is 4.70. The van der Waals surface area contributed by atoms with Gasteiger partial charge in [-0.15, -0.1) is 0 Å². The molecule has 1 aromatic carbocycles.